The fourth-order valence-electron chi connectivity index (χ4n) is 2.64. The van der Waals surface area contributed by atoms with Crippen LogP contribution in [0.5, 0.6) is 0 Å². The summed E-state index contributed by atoms with van der Waals surface area (Å²) in [7, 11) is 0. The maximum Gasteiger partial charge on any atom is 0.0431 e. The van der Waals surface area contributed by atoms with Gasteiger partial charge >= 0.3 is 0 Å². The predicted molar refractivity (Wildman–Crippen MR) is 60.3 cm³/mol. The summed E-state index contributed by atoms with van der Waals surface area (Å²) in [4.78, 5) is 0. The lowest BCUT2D eigenvalue weighted by atomic mass is 9.82. The molecule has 0 aromatic carbocycles. The third kappa shape index (κ3) is 3.97. The molecule has 1 heterocycles. The highest BCUT2D eigenvalue weighted by Crippen LogP contribution is 2.28. The van der Waals surface area contributed by atoms with Gasteiger partial charge in [-0.05, 0) is 57.0 Å². The Labute approximate surface area is 88.1 Å². The minimum absolute atomic E-state index is 0.363. The smallest absolute Gasteiger partial charge is 0.0431 e. The number of nitrogens with one attached hydrogen (secondary N) is 1. The van der Waals surface area contributed by atoms with E-state index in [4.69, 9.17) is 5.11 Å². The van der Waals surface area contributed by atoms with Gasteiger partial charge in [0.1, 0.15) is 0 Å². The first kappa shape index (κ1) is 12.0. The van der Waals surface area contributed by atoms with Crippen LogP contribution in [0.4, 0.5) is 0 Å². The van der Waals surface area contributed by atoms with Crippen molar-refractivity contribution in [1.82, 2.24) is 5.32 Å². The first-order valence-corrected chi connectivity index (χ1v) is 6.20. The lowest BCUT2D eigenvalue weighted by Gasteiger charge is -2.24. The van der Waals surface area contributed by atoms with Crippen LogP contribution in [0.25, 0.3) is 0 Å². The van der Waals surface area contributed by atoms with E-state index in [2.05, 4.69) is 12.2 Å². The zero-order valence-corrected chi connectivity index (χ0v) is 9.47. The highest BCUT2D eigenvalue weighted by atomic mass is 16.2. The average Bonchev–Trinajstić information content (AvgIpc) is 2.48. The van der Waals surface area contributed by atoms with E-state index in [1.165, 1.54) is 45.2 Å². The van der Waals surface area contributed by atoms with E-state index in [0.717, 1.165) is 18.3 Å². The van der Waals surface area contributed by atoms with E-state index in [9.17, 15) is 0 Å². The van der Waals surface area contributed by atoms with Crippen LogP contribution in [-0.2, 0) is 0 Å². The molecule has 0 radical (unpaired) electrons. The van der Waals surface area contributed by atoms with Crippen molar-refractivity contribution in [3.8, 4) is 0 Å². The normalized spacial score (nSPS) is 25.7. The summed E-state index contributed by atoms with van der Waals surface area (Å²) in [6.07, 6.45) is 7.55. The molecule has 1 saturated heterocycles. The van der Waals surface area contributed by atoms with Crippen LogP contribution in [0.1, 0.15) is 45.4 Å². The SMILES string of the molecule is CCC(CCCO)C1CCCNCC1. The van der Waals surface area contributed by atoms with Gasteiger partial charge in [-0.1, -0.05) is 13.3 Å². The third-order valence-corrected chi connectivity index (χ3v) is 3.54. The van der Waals surface area contributed by atoms with Gasteiger partial charge in [0.2, 0.25) is 0 Å². The summed E-state index contributed by atoms with van der Waals surface area (Å²) in [5.74, 6) is 1.75. The van der Waals surface area contributed by atoms with Crippen molar-refractivity contribution in [3.05, 3.63) is 0 Å². The lowest BCUT2D eigenvalue weighted by Crippen LogP contribution is -2.18. The maximum atomic E-state index is 8.85. The Balaban J connectivity index is 2.32. The van der Waals surface area contributed by atoms with Gasteiger partial charge < -0.3 is 10.4 Å². The van der Waals surface area contributed by atoms with Crippen LogP contribution in [0.15, 0.2) is 0 Å². The van der Waals surface area contributed by atoms with Crippen LogP contribution in [0.3, 0.4) is 0 Å². The summed E-state index contributed by atoms with van der Waals surface area (Å²) in [5, 5.41) is 12.3. The molecule has 0 bridgehead atoms. The summed E-state index contributed by atoms with van der Waals surface area (Å²) >= 11 is 0. The monoisotopic (exact) mass is 199 g/mol. The first-order chi connectivity index (χ1) is 6.88. The minimum Gasteiger partial charge on any atom is -0.396 e. The molecule has 1 aliphatic heterocycles. The molecule has 2 atom stereocenters. The number of hydrogen-bond acceptors (Lipinski definition) is 2. The number of aliphatic hydroxyl groups excluding tert-OH is 1. The summed E-state index contributed by atoms with van der Waals surface area (Å²) in [6, 6.07) is 0. The van der Waals surface area contributed by atoms with Gasteiger partial charge in [-0.15, -0.1) is 0 Å². The highest BCUT2D eigenvalue weighted by molar-refractivity contribution is 4.73. The molecule has 2 heteroatoms. The largest absolute Gasteiger partial charge is 0.396 e. The van der Waals surface area contributed by atoms with E-state index in [1.807, 2.05) is 0 Å². The third-order valence-electron chi connectivity index (χ3n) is 3.54. The summed E-state index contributed by atoms with van der Waals surface area (Å²) in [6.45, 7) is 5.05. The van der Waals surface area contributed by atoms with Crippen LogP contribution >= 0.6 is 0 Å². The zero-order valence-electron chi connectivity index (χ0n) is 9.47. The van der Waals surface area contributed by atoms with E-state index < -0.39 is 0 Å². The van der Waals surface area contributed by atoms with Crippen molar-refractivity contribution in [3.63, 3.8) is 0 Å². The van der Waals surface area contributed by atoms with Crippen molar-refractivity contribution in [2.75, 3.05) is 19.7 Å². The molecule has 1 rings (SSSR count). The maximum absolute atomic E-state index is 8.85. The molecule has 2 nitrogen and oxygen atoms in total. The summed E-state index contributed by atoms with van der Waals surface area (Å²) < 4.78 is 0. The van der Waals surface area contributed by atoms with Crippen LogP contribution < -0.4 is 5.32 Å². The standard InChI is InChI=1S/C12H25NO/c1-2-11(6-4-10-14)12-5-3-8-13-9-7-12/h11-14H,2-10H2,1H3. The molecule has 0 saturated carbocycles. The van der Waals surface area contributed by atoms with Crippen LogP contribution in [-0.4, -0.2) is 24.8 Å². The molecule has 84 valence electrons. The Hall–Kier alpha value is -0.0800. The van der Waals surface area contributed by atoms with E-state index in [-0.39, 0.29) is 0 Å². The van der Waals surface area contributed by atoms with Gasteiger partial charge in [0.15, 0.2) is 0 Å². The van der Waals surface area contributed by atoms with Gasteiger partial charge in [0.05, 0.1) is 0 Å². The fraction of sp³-hybridized carbons (Fsp3) is 1.00. The van der Waals surface area contributed by atoms with Crippen LogP contribution in [0.2, 0.25) is 0 Å². The van der Waals surface area contributed by atoms with E-state index >= 15 is 0 Å². The Morgan fingerprint density at radius 3 is 2.93 bits per heavy atom. The number of rotatable bonds is 5. The number of aliphatic hydroxyl groups is 1. The Kier molecular flexibility index (Phi) is 6.20. The second-order valence-corrected chi connectivity index (χ2v) is 4.48. The Morgan fingerprint density at radius 2 is 2.21 bits per heavy atom. The topological polar surface area (TPSA) is 32.3 Å². The molecule has 14 heavy (non-hydrogen) atoms. The second-order valence-electron chi connectivity index (χ2n) is 4.48. The van der Waals surface area contributed by atoms with Crippen molar-refractivity contribution in [2.24, 2.45) is 11.8 Å². The summed E-state index contributed by atoms with van der Waals surface area (Å²) in [5.41, 5.74) is 0. The molecule has 2 N–H and O–H groups in total. The van der Waals surface area contributed by atoms with Gasteiger partial charge in [0.25, 0.3) is 0 Å². The molecule has 0 aromatic rings. The fourth-order valence-corrected chi connectivity index (χ4v) is 2.64. The minimum atomic E-state index is 0.363. The highest BCUT2D eigenvalue weighted by Gasteiger charge is 2.20. The molecular weight excluding hydrogens is 174 g/mol. The lowest BCUT2D eigenvalue weighted by molar-refractivity contribution is 0.230. The zero-order chi connectivity index (χ0) is 10.2. The van der Waals surface area contributed by atoms with Crippen molar-refractivity contribution in [1.29, 1.82) is 0 Å². The first-order valence-electron chi connectivity index (χ1n) is 6.20. The van der Waals surface area contributed by atoms with Gasteiger partial charge in [0, 0.05) is 6.61 Å². The van der Waals surface area contributed by atoms with Crippen LogP contribution in [0, 0.1) is 11.8 Å². The van der Waals surface area contributed by atoms with Crippen molar-refractivity contribution < 1.29 is 5.11 Å². The molecule has 1 aliphatic rings. The molecular formula is C12H25NO. The molecule has 1 fully saturated rings. The van der Waals surface area contributed by atoms with Crippen molar-refractivity contribution >= 4 is 0 Å². The molecule has 0 aromatic heterocycles. The predicted octanol–water partition coefficient (Wildman–Crippen LogP) is 2.17. The molecule has 0 spiro atoms. The molecule has 0 amide bonds. The van der Waals surface area contributed by atoms with Gasteiger partial charge in [-0.3, -0.25) is 0 Å². The Bertz CT molecular complexity index is 130. The van der Waals surface area contributed by atoms with Gasteiger partial charge in [-0.25, -0.2) is 0 Å². The van der Waals surface area contributed by atoms with E-state index in [0.29, 0.717) is 6.61 Å². The average molecular weight is 199 g/mol. The second kappa shape index (κ2) is 7.24. The van der Waals surface area contributed by atoms with Gasteiger partial charge in [-0.2, -0.15) is 0 Å². The molecule has 0 aliphatic carbocycles. The Morgan fingerprint density at radius 1 is 1.36 bits per heavy atom. The van der Waals surface area contributed by atoms with Crippen molar-refractivity contribution in [2.45, 2.75) is 45.4 Å². The quantitative estimate of drug-likeness (QED) is 0.711. The molecule has 2 unspecified atom stereocenters. The van der Waals surface area contributed by atoms with E-state index in [1.54, 1.807) is 0 Å². The number of hydrogen-bond donors (Lipinski definition) is 2.